The first kappa shape index (κ1) is 15.4. The van der Waals surface area contributed by atoms with E-state index >= 15 is 0 Å². The number of rotatable bonds is 3. The average molecular weight is 323 g/mol. The topological polar surface area (TPSA) is 38.1 Å². The fourth-order valence-electron chi connectivity index (χ4n) is 4.30. The molecule has 2 atom stereocenters. The molecule has 0 aliphatic carbocycles. The summed E-state index contributed by atoms with van der Waals surface area (Å²) in [6, 6.07) is 8.89. The van der Waals surface area contributed by atoms with Crippen LogP contribution in [0.4, 0.5) is 0 Å². The van der Waals surface area contributed by atoms with Crippen LogP contribution < -0.4 is 0 Å². The quantitative estimate of drug-likeness (QED) is 0.868. The minimum Gasteiger partial charge on any atom is -0.335 e. The minimum absolute atomic E-state index is 0.0875. The van der Waals surface area contributed by atoms with Crippen LogP contribution in [-0.4, -0.2) is 26.9 Å². The lowest BCUT2D eigenvalue weighted by atomic mass is 9.87. The third-order valence-electron chi connectivity index (χ3n) is 5.56. The van der Waals surface area contributed by atoms with Gasteiger partial charge in [0.15, 0.2) is 0 Å². The fourth-order valence-corrected chi connectivity index (χ4v) is 4.30. The highest BCUT2D eigenvalue weighted by molar-refractivity contribution is 5.80. The minimum atomic E-state index is 0.0875. The predicted octanol–water partition coefficient (Wildman–Crippen LogP) is 3.37. The lowest BCUT2D eigenvalue weighted by Crippen LogP contribution is -2.44. The smallest absolute Gasteiger partial charge is 0.226 e. The molecule has 0 spiro atoms. The molecule has 2 aliphatic rings. The van der Waals surface area contributed by atoms with Crippen molar-refractivity contribution in [1.82, 2.24) is 14.5 Å². The largest absolute Gasteiger partial charge is 0.335 e. The highest BCUT2D eigenvalue weighted by Crippen LogP contribution is 2.35. The molecule has 126 valence electrons. The molecule has 0 radical (unpaired) electrons. The Kier molecular flexibility index (Phi) is 4.13. The second-order valence-electron chi connectivity index (χ2n) is 7.01. The van der Waals surface area contributed by atoms with Crippen molar-refractivity contribution in [2.75, 3.05) is 6.54 Å². The Bertz CT molecular complexity index is 736. The summed E-state index contributed by atoms with van der Waals surface area (Å²) in [5, 5.41) is 0. The monoisotopic (exact) mass is 323 g/mol. The zero-order valence-electron chi connectivity index (χ0n) is 14.3. The van der Waals surface area contributed by atoms with Gasteiger partial charge in [-0.05, 0) is 30.4 Å². The summed E-state index contributed by atoms with van der Waals surface area (Å²) in [4.78, 5) is 19.8. The summed E-state index contributed by atoms with van der Waals surface area (Å²) in [5.74, 6) is 1.48. The lowest BCUT2D eigenvalue weighted by molar-refractivity contribution is -0.139. The van der Waals surface area contributed by atoms with Gasteiger partial charge in [-0.1, -0.05) is 37.6 Å². The van der Waals surface area contributed by atoms with Crippen molar-refractivity contribution in [3.63, 3.8) is 0 Å². The number of imidazole rings is 1. The van der Waals surface area contributed by atoms with Crippen LogP contribution in [0.15, 0.2) is 36.7 Å². The Hall–Kier alpha value is -2.10. The van der Waals surface area contributed by atoms with Gasteiger partial charge < -0.3 is 9.47 Å². The van der Waals surface area contributed by atoms with Gasteiger partial charge in [-0.15, -0.1) is 0 Å². The van der Waals surface area contributed by atoms with E-state index in [9.17, 15) is 4.79 Å². The third kappa shape index (κ3) is 2.64. The molecule has 0 fully saturated rings. The van der Waals surface area contributed by atoms with Crippen molar-refractivity contribution in [3.05, 3.63) is 53.6 Å². The summed E-state index contributed by atoms with van der Waals surface area (Å²) in [7, 11) is 0. The fraction of sp³-hybridized carbons (Fsp3) is 0.500. The van der Waals surface area contributed by atoms with Gasteiger partial charge in [0.2, 0.25) is 5.91 Å². The van der Waals surface area contributed by atoms with Crippen molar-refractivity contribution >= 4 is 5.91 Å². The molecule has 4 heteroatoms. The van der Waals surface area contributed by atoms with E-state index in [2.05, 4.69) is 45.6 Å². The molecular formula is C20H25N3O. The first-order valence-electron chi connectivity index (χ1n) is 9.16. The van der Waals surface area contributed by atoms with Gasteiger partial charge in [-0.2, -0.15) is 0 Å². The van der Waals surface area contributed by atoms with E-state index < -0.39 is 0 Å². The van der Waals surface area contributed by atoms with Gasteiger partial charge in [0.1, 0.15) is 5.82 Å². The Balaban J connectivity index is 1.58. The van der Waals surface area contributed by atoms with Crippen LogP contribution in [0.2, 0.25) is 0 Å². The molecule has 3 heterocycles. The standard InChI is InChI=1S/C20H25N3O/c1-2-5-18-17-7-4-3-6-15(17)9-12-23(18)20(24)16-8-11-22-13-10-21-19(22)14-16/h3-4,6-7,10,13,16,18H,2,5,8-9,11-12,14H2,1H3/t16-,18+/m0/s1. The number of carbonyl (C=O) groups is 1. The van der Waals surface area contributed by atoms with Gasteiger partial charge >= 0.3 is 0 Å². The Morgan fingerprint density at radius 3 is 3.04 bits per heavy atom. The Morgan fingerprint density at radius 2 is 2.17 bits per heavy atom. The third-order valence-corrected chi connectivity index (χ3v) is 5.56. The number of hydrogen-bond donors (Lipinski definition) is 0. The molecule has 24 heavy (non-hydrogen) atoms. The van der Waals surface area contributed by atoms with Crippen LogP contribution >= 0.6 is 0 Å². The van der Waals surface area contributed by atoms with Gasteiger partial charge in [0.25, 0.3) is 0 Å². The normalized spacial score (nSPS) is 22.8. The zero-order valence-corrected chi connectivity index (χ0v) is 14.3. The number of amides is 1. The maximum Gasteiger partial charge on any atom is 0.226 e. The summed E-state index contributed by atoms with van der Waals surface area (Å²) in [6.45, 7) is 3.97. The SMILES string of the molecule is CCC[C@@H]1c2ccccc2CCN1C(=O)[C@H]1CCn2ccnc2C1. The predicted molar refractivity (Wildman–Crippen MR) is 93.5 cm³/mol. The summed E-state index contributed by atoms with van der Waals surface area (Å²) in [5.41, 5.74) is 2.77. The number of aryl methyl sites for hydroxylation is 1. The highest BCUT2D eigenvalue weighted by Gasteiger charge is 2.35. The van der Waals surface area contributed by atoms with Crippen LogP contribution in [0.1, 0.15) is 49.2 Å². The maximum atomic E-state index is 13.3. The molecule has 1 amide bonds. The van der Waals surface area contributed by atoms with Gasteiger partial charge in [-0.3, -0.25) is 4.79 Å². The maximum absolute atomic E-state index is 13.3. The Morgan fingerprint density at radius 1 is 1.29 bits per heavy atom. The first-order chi connectivity index (χ1) is 11.8. The van der Waals surface area contributed by atoms with Crippen LogP contribution in [0.25, 0.3) is 0 Å². The van der Waals surface area contributed by atoms with E-state index in [-0.39, 0.29) is 12.0 Å². The molecule has 0 saturated heterocycles. The molecule has 0 unspecified atom stereocenters. The molecule has 1 aromatic heterocycles. The van der Waals surface area contributed by atoms with Crippen LogP contribution in [0.3, 0.4) is 0 Å². The number of carbonyl (C=O) groups excluding carboxylic acids is 1. The summed E-state index contributed by atoms with van der Waals surface area (Å²) in [6.07, 6.45) is 8.69. The van der Waals surface area contributed by atoms with Crippen LogP contribution in [0.5, 0.6) is 0 Å². The van der Waals surface area contributed by atoms with E-state index in [4.69, 9.17) is 0 Å². The van der Waals surface area contributed by atoms with Crippen molar-refractivity contribution in [2.45, 2.75) is 51.6 Å². The van der Waals surface area contributed by atoms with Crippen LogP contribution in [-0.2, 0) is 24.2 Å². The molecule has 2 aromatic rings. The molecule has 0 N–H and O–H groups in total. The van der Waals surface area contributed by atoms with E-state index in [0.717, 1.165) is 51.0 Å². The van der Waals surface area contributed by atoms with Gasteiger partial charge in [0, 0.05) is 37.8 Å². The van der Waals surface area contributed by atoms with Gasteiger partial charge in [-0.25, -0.2) is 4.98 Å². The first-order valence-corrected chi connectivity index (χ1v) is 9.16. The highest BCUT2D eigenvalue weighted by atomic mass is 16.2. The molecular weight excluding hydrogens is 298 g/mol. The Labute approximate surface area is 143 Å². The number of hydrogen-bond acceptors (Lipinski definition) is 2. The summed E-state index contributed by atoms with van der Waals surface area (Å²) < 4.78 is 2.18. The molecule has 1 aromatic carbocycles. The number of nitrogens with zero attached hydrogens (tertiary/aromatic N) is 3. The average Bonchev–Trinajstić information content (AvgIpc) is 3.09. The van der Waals surface area contributed by atoms with Gasteiger partial charge in [0.05, 0.1) is 6.04 Å². The number of benzene rings is 1. The second kappa shape index (κ2) is 6.42. The molecule has 0 bridgehead atoms. The zero-order chi connectivity index (χ0) is 16.5. The lowest BCUT2D eigenvalue weighted by Gasteiger charge is -2.40. The van der Waals surface area contributed by atoms with Crippen molar-refractivity contribution in [2.24, 2.45) is 5.92 Å². The second-order valence-corrected chi connectivity index (χ2v) is 7.01. The summed E-state index contributed by atoms with van der Waals surface area (Å²) >= 11 is 0. The molecule has 2 aliphatic heterocycles. The molecule has 4 rings (SSSR count). The van der Waals surface area contributed by atoms with Crippen molar-refractivity contribution in [3.8, 4) is 0 Å². The van der Waals surface area contributed by atoms with Crippen LogP contribution in [0, 0.1) is 5.92 Å². The van der Waals surface area contributed by atoms with E-state index in [0.29, 0.717) is 5.91 Å². The molecule has 4 nitrogen and oxygen atoms in total. The van der Waals surface area contributed by atoms with Crippen molar-refractivity contribution < 1.29 is 4.79 Å². The number of fused-ring (bicyclic) bond motifs is 2. The molecule has 0 saturated carbocycles. The van der Waals surface area contributed by atoms with Crippen molar-refractivity contribution in [1.29, 1.82) is 0 Å². The van der Waals surface area contributed by atoms with E-state index in [1.54, 1.807) is 0 Å². The number of aromatic nitrogens is 2. The van der Waals surface area contributed by atoms with E-state index in [1.807, 2.05) is 12.4 Å². The van der Waals surface area contributed by atoms with E-state index in [1.165, 1.54) is 11.1 Å².